The topological polar surface area (TPSA) is 37.4 Å². The maximum absolute atomic E-state index is 12.4. The van der Waals surface area contributed by atoms with Crippen molar-refractivity contribution in [2.24, 2.45) is 0 Å². The fourth-order valence-electron chi connectivity index (χ4n) is 2.00. The molecule has 1 heterocycles. The van der Waals surface area contributed by atoms with Gasteiger partial charge in [0.2, 0.25) is 0 Å². The van der Waals surface area contributed by atoms with Crippen molar-refractivity contribution < 1.29 is 9.59 Å². The average Bonchev–Trinajstić information content (AvgIpc) is 2.77. The second kappa shape index (κ2) is 5.76. The molecule has 0 atom stereocenters. The Bertz CT molecular complexity index is 743. The van der Waals surface area contributed by atoms with Crippen LogP contribution in [-0.2, 0) is 4.79 Å². The molecule has 0 radical (unpaired) electrons. The van der Waals surface area contributed by atoms with Crippen molar-refractivity contribution in [3.05, 3.63) is 70.1 Å². The number of amides is 2. The molecule has 0 aliphatic carbocycles. The lowest BCUT2D eigenvalue weighted by Gasteiger charge is -2.11. The second-order valence-electron chi connectivity index (χ2n) is 4.37. The summed E-state index contributed by atoms with van der Waals surface area (Å²) in [6, 6.07) is 16.1. The van der Waals surface area contributed by atoms with Gasteiger partial charge in [0.25, 0.3) is 11.1 Å². The first-order valence-corrected chi connectivity index (χ1v) is 7.44. The smallest absolute Gasteiger partial charge is 0.268 e. The molecule has 0 N–H and O–H groups in total. The Morgan fingerprint density at radius 1 is 0.952 bits per heavy atom. The zero-order valence-electron chi connectivity index (χ0n) is 10.8. The van der Waals surface area contributed by atoms with Crippen molar-refractivity contribution in [2.45, 2.75) is 0 Å². The van der Waals surface area contributed by atoms with Gasteiger partial charge >= 0.3 is 0 Å². The molecule has 1 fully saturated rings. The molecule has 2 amide bonds. The van der Waals surface area contributed by atoms with Crippen LogP contribution in [0.4, 0.5) is 10.5 Å². The number of imide groups is 1. The number of carbonyl (C=O) groups excluding carboxylic acids is 2. The van der Waals surface area contributed by atoms with E-state index in [2.05, 4.69) is 0 Å². The van der Waals surface area contributed by atoms with Crippen molar-refractivity contribution >= 4 is 46.3 Å². The largest absolute Gasteiger partial charge is 0.298 e. The molecule has 1 aliphatic rings. The first kappa shape index (κ1) is 13.9. The fraction of sp³-hybridized carbons (Fsp3) is 0. The Balaban J connectivity index is 1.96. The van der Waals surface area contributed by atoms with E-state index in [0.717, 1.165) is 17.3 Å². The molecule has 2 aromatic rings. The molecule has 0 bridgehead atoms. The molecule has 0 unspecified atom stereocenters. The van der Waals surface area contributed by atoms with Gasteiger partial charge in [0, 0.05) is 5.02 Å². The maximum atomic E-state index is 12.4. The SMILES string of the molecule is O=C1S/C(=C/c2ccccc2Cl)C(=O)N1c1ccccc1. The fourth-order valence-corrected chi connectivity index (χ4v) is 3.02. The lowest BCUT2D eigenvalue weighted by atomic mass is 10.2. The normalized spacial score (nSPS) is 16.8. The van der Waals surface area contributed by atoms with E-state index in [0.29, 0.717) is 15.6 Å². The molecule has 0 saturated carbocycles. The molecule has 3 nitrogen and oxygen atoms in total. The van der Waals surface area contributed by atoms with Gasteiger partial charge in [0.1, 0.15) is 0 Å². The summed E-state index contributed by atoms with van der Waals surface area (Å²) in [6.07, 6.45) is 1.65. The van der Waals surface area contributed by atoms with Crippen LogP contribution in [0.5, 0.6) is 0 Å². The molecule has 0 aromatic heterocycles. The molecule has 1 saturated heterocycles. The third-order valence-electron chi connectivity index (χ3n) is 3.00. The first-order chi connectivity index (χ1) is 10.2. The highest BCUT2D eigenvalue weighted by Crippen LogP contribution is 2.36. The summed E-state index contributed by atoms with van der Waals surface area (Å²) >= 11 is 7.00. The molecular weight excluding hydrogens is 306 g/mol. The molecule has 2 aromatic carbocycles. The Morgan fingerprint density at radius 3 is 2.33 bits per heavy atom. The van der Waals surface area contributed by atoms with E-state index in [9.17, 15) is 9.59 Å². The highest BCUT2D eigenvalue weighted by atomic mass is 35.5. The molecule has 0 spiro atoms. The van der Waals surface area contributed by atoms with E-state index in [-0.39, 0.29) is 11.1 Å². The highest BCUT2D eigenvalue weighted by molar-refractivity contribution is 8.19. The van der Waals surface area contributed by atoms with Crippen LogP contribution in [-0.4, -0.2) is 11.1 Å². The Morgan fingerprint density at radius 2 is 1.62 bits per heavy atom. The Kier molecular flexibility index (Phi) is 3.82. The number of rotatable bonds is 2. The summed E-state index contributed by atoms with van der Waals surface area (Å²) in [6.45, 7) is 0. The third kappa shape index (κ3) is 2.73. The number of hydrogen-bond acceptors (Lipinski definition) is 3. The van der Waals surface area contributed by atoms with Gasteiger partial charge in [-0.1, -0.05) is 48.0 Å². The van der Waals surface area contributed by atoms with Gasteiger partial charge in [-0.3, -0.25) is 9.59 Å². The van der Waals surface area contributed by atoms with Gasteiger partial charge in [-0.25, -0.2) is 4.90 Å². The number of thioether (sulfide) groups is 1. The number of para-hydroxylation sites is 1. The van der Waals surface area contributed by atoms with Gasteiger partial charge in [-0.2, -0.15) is 0 Å². The first-order valence-electron chi connectivity index (χ1n) is 6.24. The predicted octanol–water partition coefficient (Wildman–Crippen LogP) is 4.58. The van der Waals surface area contributed by atoms with Crippen LogP contribution in [0.2, 0.25) is 5.02 Å². The molecule has 3 rings (SSSR count). The monoisotopic (exact) mass is 315 g/mol. The standard InChI is InChI=1S/C16H10ClNO2S/c17-13-9-5-4-6-11(13)10-14-15(19)18(16(20)21-14)12-7-2-1-3-8-12/h1-10H/b14-10+. The van der Waals surface area contributed by atoms with Crippen molar-refractivity contribution in [3.8, 4) is 0 Å². The van der Waals surface area contributed by atoms with E-state index in [4.69, 9.17) is 11.6 Å². The highest BCUT2D eigenvalue weighted by Gasteiger charge is 2.36. The maximum Gasteiger partial charge on any atom is 0.298 e. The van der Waals surface area contributed by atoms with Crippen LogP contribution in [0.25, 0.3) is 6.08 Å². The van der Waals surface area contributed by atoms with Crippen LogP contribution >= 0.6 is 23.4 Å². The molecule has 5 heteroatoms. The molecule has 21 heavy (non-hydrogen) atoms. The number of carbonyl (C=O) groups is 2. The molecular formula is C16H10ClNO2S. The Hall–Kier alpha value is -2.04. The quantitative estimate of drug-likeness (QED) is 0.761. The van der Waals surface area contributed by atoms with E-state index < -0.39 is 0 Å². The summed E-state index contributed by atoms with van der Waals surface area (Å²) < 4.78 is 0. The van der Waals surface area contributed by atoms with E-state index >= 15 is 0 Å². The minimum atomic E-state index is -0.323. The van der Waals surface area contributed by atoms with Crippen LogP contribution in [0.1, 0.15) is 5.56 Å². The van der Waals surface area contributed by atoms with Crippen LogP contribution in [0, 0.1) is 0 Å². The molecule has 104 valence electrons. The number of halogens is 1. The van der Waals surface area contributed by atoms with Gasteiger partial charge in [-0.05, 0) is 41.6 Å². The number of anilines is 1. The van der Waals surface area contributed by atoms with E-state index in [1.54, 1.807) is 42.5 Å². The summed E-state index contributed by atoms with van der Waals surface area (Å²) in [4.78, 5) is 26.0. The van der Waals surface area contributed by atoms with Crippen LogP contribution < -0.4 is 4.90 Å². The third-order valence-corrected chi connectivity index (χ3v) is 4.21. The summed E-state index contributed by atoms with van der Waals surface area (Å²) in [5, 5.41) is 0.244. The lowest BCUT2D eigenvalue weighted by Crippen LogP contribution is -2.27. The Labute approximate surface area is 131 Å². The molecule has 1 aliphatic heterocycles. The lowest BCUT2D eigenvalue weighted by molar-refractivity contribution is -0.113. The van der Waals surface area contributed by atoms with Gasteiger partial charge in [0.15, 0.2) is 0 Å². The number of nitrogens with zero attached hydrogens (tertiary/aromatic N) is 1. The van der Waals surface area contributed by atoms with Crippen molar-refractivity contribution in [1.29, 1.82) is 0 Å². The average molecular weight is 316 g/mol. The van der Waals surface area contributed by atoms with Crippen molar-refractivity contribution in [1.82, 2.24) is 0 Å². The van der Waals surface area contributed by atoms with Crippen LogP contribution in [0.15, 0.2) is 59.5 Å². The summed E-state index contributed by atoms with van der Waals surface area (Å²) in [7, 11) is 0. The van der Waals surface area contributed by atoms with Crippen molar-refractivity contribution in [3.63, 3.8) is 0 Å². The zero-order chi connectivity index (χ0) is 14.8. The van der Waals surface area contributed by atoms with Gasteiger partial charge < -0.3 is 0 Å². The summed E-state index contributed by atoms with van der Waals surface area (Å²) in [5.74, 6) is -0.323. The second-order valence-corrected chi connectivity index (χ2v) is 5.77. The summed E-state index contributed by atoms with van der Waals surface area (Å²) in [5.41, 5.74) is 1.29. The number of hydrogen-bond donors (Lipinski definition) is 0. The zero-order valence-corrected chi connectivity index (χ0v) is 12.4. The predicted molar refractivity (Wildman–Crippen MR) is 86.3 cm³/mol. The minimum Gasteiger partial charge on any atom is -0.268 e. The van der Waals surface area contributed by atoms with E-state index in [1.807, 2.05) is 18.2 Å². The van der Waals surface area contributed by atoms with Crippen molar-refractivity contribution in [2.75, 3.05) is 4.90 Å². The van der Waals surface area contributed by atoms with E-state index in [1.165, 1.54) is 4.90 Å². The van der Waals surface area contributed by atoms with Crippen LogP contribution in [0.3, 0.4) is 0 Å². The van der Waals surface area contributed by atoms with Gasteiger partial charge in [-0.15, -0.1) is 0 Å². The number of benzene rings is 2. The minimum absolute atomic E-state index is 0.301. The van der Waals surface area contributed by atoms with Gasteiger partial charge in [0.05, 0.1) is 10.6 Å².